The molecule has 0 aliphatic rings. The summed E-state index contributed by atoms with van der Waals surface area (Å²) in [6.07, 6.45) is 2.86. The van der Waals surface area contributed by atoms with Gasteiger partial charge in [-0.05, 0) is 25.1 Å². The first-order chi connectivity index (χ1) is 9.27. The number of benzene rings is 1. The number of nitrogens with zero attached hydrogens (tertiary/aromatic N) is 1. The summed E-state index contributed by atoms with van der Waals surface area (Å²) in [5, 5.41) is 7.16. The van der Waals surface area contributed by atoms with Crippen molar-refractivity contribution in [3.63, 3.8) is 0 Å². The summed E-state index contributed by atoms with van der Waals surface area (Å²) in [7, 11) is 1.66. The highest BCUT2D eigenvalue weighted by Crippen LogP contribution is 2.36. The van der Waals surface area contributed by atoms with Gasteiger partial charge in [-0.15, -0.1) is 11.3 Å². The highest BCUT2D eigenvalue weighted by atomic mass is 35.5. The molecule has 0 saturated carbocycles. The summed E-state index contributed by atoms with van der Waals surface area (Å²) in [6, 6.07) is 5.68. The van der Waals surface area contributed by atoms with Crippen LogP contribution < -0.4 is 10.1 Å². The Hall–Kier alpha value is -1.10. The number of halogens is 1. The Labute approximate surface area is 122 Å². The normalized spacial score (nSPS) is 12.4. The van der Waals surface area contributed by atoms with Crippen molar-refractivity contribution in [1.82, 2.24) is 10.3 Å². The Bertz CT molecular complexity index is 516. The van der Waals surface area contributed by atoms with Crippen molar-refractivity contribution in [2.75, 3.05) is 13.7 Å². The van der Waals surface area contributed by atoms with Crippen molar-refractivity contribution in [2.45, 2.75) is 19.4 Å². The monoisotopic (exact) mass is 296 g/mol. The fourth-order valence-electron chi connectivity index (χ4n) is 1.95. The van der Waals surface area contributed by atoms with Gasteiger partial charge in [0.2, 0.25) is 0 Å². The van der Waals surface area contributed by atoms with Gasteiger partial charge in [-0.1, -0.05) is 24.6 Å². The molecule has 19 heavy (non-hydrogen) atoms. The molecule has 0 spiro atoms. The van der Waals surface area contributed by atoms with Crippen molar-refractivity contribution in [3.05, 3.63) is 45.4 Å². The average Bonchev–Trinajstić information content (AvgIpc) is 2.94. The van der Waals surface area contributed by atoms with Crippen molar-refractivity contribution >= 4 is 22.9 Å². The lowest BCUT2D eigenvalue weighted by Crippen LogP contribution is -2.24. The minimum absolute atomic E-state index is 0.0244. The van der Waals surface area contributed by atoms with Crippen LogP contribution in [-0.4, -0.2) is 18.6 Å². The van der Waals surface area contributed by atoms with Crippen molar-refractivity contribution in [1.29, 1.82) is 0 Å². The van der Waals surface area contributed by atoms with Gasteiger partial charge in [0.1, 0.15) is 10.8 Å². The molecule has 1 heterocycles. The maximum absolute atomic E-state index is 6.36. The van der Waals surface area contributed by atoms with Crippen LogP contribution in [0.4, 0.5) is 0 Å². The number of aromatic nitrogens is 1. The SMILES string of the molecule is CCCNC(c1nccs1)c1c(Cl)cccc1OC. The summed E-state index contributed by atoms with van der Waals surface area (Å²) >= 11 is 7.97. The molecule has 0 saturated heterocycles. The molecule has 2 aromatic rings. The third kappa shape index (κ3) is 3.26. The Morgan fingerprint density at radius 1 is 1.47 bits per heavy atom. The largest absolute Gasteiger partial charge is 0.496 e. The molecule has 1 aromatic carbocycles. The first kappa shape index (κ1) is 14.3. The van der Waals surface area contributed by atoms with Crippen LogP contribution in [0.5, 0.6) is 5.75 Å². The lowest BCUT2D eigenvalue weighted by atomic mass is 10.1. The minimum atomic E-state index is -0.0244. The standard InChI is InChI=1S/C14H17ClN2OS/c1-3-7-16-13(14-17-8-9-19-14)12-10(15)5-4-6-11(12)18-2/h4-6,8-9,13,16H,3,7H2,1-2H3. The molecule has 1 aromatic heterocycles. The second kappa shape index (κ2) is 6.89. The van der Waals surface area contributed by atoms with E-state index in [1.807, 2.05) is 29.8 Å². The molecule has 0 radical (unpaired) electrons. The zero-order valence-electron chi connectivity index (χ0n) is 11.0. The zero-order valence-corrected chi connectivity index (χ0v) is 12.6. The molecule has 102 valence electrons. The number of hydrogen-bond donors (Lipinski definition) is 1. The zero-order chi connectivity index (χ0) is 13.7. The predicted octanol–water partition coefficient (Wildman–Crippen LogP) is 3.89. The topological polar surface area (TPSA) is 34.2 Å². The van der Waals surface area contributed by atoms with E-state index in [0.29, 0.717) is 5.02 Å². The van der Waals surface area contributed by atoms with Gasteiger partial charge >= 0.3 is 0 Å². The first-order valence-electron chi connectivity index (χ1n) is 6.23. The summed E-state index contributed by atoms with van der Waals surface area (Å²) in [4.78, 5) is 4.40. The van der Waals surface area contributed by atoms with E-state index in [9.17, 15) is 0 Å². The first-order valence-corrected chi connectivity index (χ1v) is 7.48. The molecular formula is C14H17ClN2OS. The van der Waals surface area contributed by atoms with E-state index in [-0.39, 0.29) is 6.04 Å². The highest BCUT2D eigenvalue weighted by Gasteiger charge is 2.22. The van der Waals surface area contributed by atoms with E-state index in [1.165, 1.54) is 0 Å². The van der Waals surface area contributed by atoms with Gasteiger partial charge in [0.05, 0.1) is 13.2 Å². The summed E-state index contributed by atoms with van der Waals surface area (Å²) in [6.45, 7) is 3.04. The Morgan fingerprint density at radius 3 is 2.95 bits per heavy atom. The molecule has 2 rings (SSSR count). The summed E-state index contributed by atoms with van der Waals surface area (Å²) in [5.74, 6) is 0.788. The van der Waals surface area contributed by atoms with Crippen LogP contribution in [0.3, 0.4) is 0 Å². The second-order valence-electron chi connectivity index (χ2n) is 4.11. The summed E-state index contributed by atoms with van der Waals surface area (Å²) < 4.78 is 5.44. The predicted molar refractivity (Wildman–Crippen MR) is 80.3 cm³/mol. The molecule has 5 heteroatoms. The number of methoxy groups -OCH3 is 1. The van der Waals surface area contributed by atoms with Crippen LogP contribution in [0.1, 0.15) is 30.0 Å². The van der Waals surface area contributed by atoms with Gasteiger partial charge in [-0.25, -0.2) is 4.98 Å². The van der Waals surface area contributed by atoms with E-state index < -0.39 is 0 Å². The molecule has 1 unspecified atom stereocenters. The van der Waals surface area contributed by atoms with Gasteiger partial charge in [-0.3, -0.25) is 0 Å². The lowest BCUT2D eigenvalue weighted by Gasteiger charge is -2.20. The van der Waals surface area contributed by atoms with Crippen molar-refractivity contribution in [2.24, 2.45) is 0 Å². The van der Waals surface area contributed by atoms with Crippen LogP contribution in [-0.2, 0) is 0 Å². The van der Waals surface area contributed by atoms with E-state index >= 15 is 0 Å². The minimum Gasteiger partial charge on any atom is -0.496 e. The number of rotatable bonds is 6. The van der Waals surface area contributed by atoms with Crippen molar-refractivity contribution < 1.29 is 4.74 Å². The molecule has 1 N–H and O–H groups in total. The Morgan fingerprint density at radius 2 is 2.32 bits per heavy atom. The van der Waals surface area contributed by atoms with Crippen LogP contribution >= 0.6 is 22.9 Å². The molecule has 0 aliphatic heterocycles. The number of hydrogen-bond acceptors (Lipinski definition) is 4. The second-order valence-corrected chi connectivity index (χ2v) is 5.45. The van der Waals surface area contributed by atoms with E-state index in [0.717, 1.165) is 29.3 Å². The Kier molecular flexibility index (Phi) is 5.19. The van der Waals surface area contributed by atoms with Gasteiger partial charge in [0.25, 0.3) is 0 Å². The van der Waals surface area contributed by atoms with Crippen LogP contribution in [0.15, 0.2) is 29.8 Å². The number of thiazole rings is 1. The molecule has 1 atom stereocenters. The highest BCUT2D eigenvalue weighted by molar-refractivity contribution is 7.09. The van der Waals surface area contributed by atoms with Gasteiger partial charge in [0, 0.05) is 22.2 Å². The number of nitrogens with one attached hydrogen (secondary N) is 1. The van der Waals surface area contributed by atoms with Crippen molar-refractivity contribution in [3.8, 4) is 5.75 Å². The Balaban J connectivity index is 2.43. The molecule has 0 amide bonds. The van der Waals surface area contributed by atoms with E-state index in [2.05, 4.69) is 17.2 Å². The van der Waals surface area contributed by atoms with Crippen LogP contribution in [0, 0.1) is 0 Å². The maximum Gasteiger partial charge on any atom is 0.125 e. The summed E-state index contributed by atoms with van der Waals surface area (Å²) in [5.41, 5.74) is 0.954. The average molecular weight is 297 g/mol. The van der Waals surface area contributed by atoms with E-state index in [1.54, 1.807) is 18.4 Å². The van der Waals surface area contributed by atoms with Gasteiger partial charge < -0.3 is 10.1 Å². The van der Waals surface area contributed by atoms with Gasteiger partial charge in [-0.2, -0.15) is 0 Å². The van der Waals surface area contributed by atoms with Crippen LogP contribution in [0.2, 0.25) is 5.02 Å². The third-order valence-corrected chi connectivity index (χ3v) is 3.99. The fourth-order valence-corrected chi connectivity index (χ4v) is 2.95. The molecule has 0 fully saturated rings. The smallest absolute Gasteiger partial charge is 0.125 e. The molecular weight excluding hydrogens is 280 g/mol. The fraction of sp³-hybridized carbons (Fsp3) is 0.357. The lowest BCUT2D eigenvalue weighted by molar-refractivity contribution is 0.404. The van der Waals surface area contributed by atoms with E-state index in [4.69, 9.17) is 16.3 Å². The van der Waals surface area contributed by atoms with Crippen LogP contribution in [0.25, 0.3) is 0 Å². The number of ether oxygens (including phenoxy) is 1. The maximum atomic E-state index is 6.36. The molecule has 0 bridgehead atoms. The third-order valence-electron chi connectivity index (χ3n) is 2.82. The molecule has 3 nitrogen and oxygen atoms in total. The quantitative estimate of drug-likeness (QED) is 0.878. The van der Waals surface area contributed by atoms with Gasteiger partial charge in [0.15, 0.2) is 0 Å². The molecule has 0 aliphatic carbocycles.